The van der Waals surface area contributed by atoms with E-state index in [2.05, 4.69) is 19.2 Å². The Bertz CT molecular complexity index is 450. The summed E-state index contributed by atoms with van der Waals surface area (Å²) in [5.41, 5.74) is 1.22. The Labute approximate surface area is 107 Å². The Balaban J connectivity index is 2.01. The molecule has 0 saturated heterocycles. The van der Waals surface area contributed by atoms with Crippen LogP contribution in [0.4, 0.5) is 0 Å². The van der Waals surface area contributed by atoms with E-state index in [0.29, 0.717) is 0 Å². The molecule has 0 fully saturated rings. The van der Waals surface area contributed by atoms with Crippen LogP contribution < -0.4 is 5.32 Å². The molecule has 0 aliphatic carbocycles. The van der Waals surface area contributed by atoms with Crippen molar-refractivity contribution in [2.75, 3.05) is 0 Å². The summed E-state index contributed by atoms with van der Waals surface area (Å²) in [4.78, 5) is 0. The summed E-state index contributed by atoms with van der Waals surface area (Å²) < 4.78 is 5.37. The van der Waals surface area contributed by atoms with Crippen LogP contribution in [0.2, 0.25) is 5.02 Å². The predicted octanol–water partition coefficient (Wildman–Crippen LogP) is 4.34. The molecule has 17 heavy (non-hydrogen) atoms. The molecule has 1 unspecified atom stereocenters. The normalized spacial score (nSPS) is 14.5. The van der Waals surface area contributed by atoms with Gasteiger partial charge in [0.1, 0.15) is 5.76 Å². The first-order chi connectivity index (χ1) is 8.16. The van der Waals surface area contributed by atoms with Gasteiger partial charge in [-0.2, -0.15) is 0 Å². The number of nitrogens with one attached hydrogen (secondary N) is 1. The fourth-order valence-electron chi connectivity index (χ4n) is 1.84. The van der Waals surface area contributed by atoms with Crippen molar-refractivity contribution in [3.63, 3.8) is 0 Å². The van der Waals surface area contributed by atoms with Gasteiger partial charge in [-0.05, 0) is 43.7 Å². The Hall–Kier alpha value is -1.25. The number of furan rings is 1. The zero-order valence-electron chi connectivity index (χ0n) is 9.98. The highest BCUT2D eigenvalue weighted by molar-refractivity contribution is 6.30. The van der Waals surface area contributed by atoms with Crippen molar-refractivity contribution < 1.29 is 4.42 Å². The molecule has 3 heteroatoms. The van der Waals surface area contributed by atoms with E-state index in [-0.39, 0.29) is 12.1 Å². The van der Waals surface area contributed by atoms with Crippen molar-refractivity contribution in [3.05, 3.63) is 59.0 Å². The number of hydrogen-bond acceptors (Lipinski definition) is 2. The summed E-state index contributed by atoms with van der Waals surface area (Å²) in [6.07, 6.45) is 1.69. The molecule has 0 radical (unpaired) electrons. The van der Waals surface area contributed by atoms with E-state index in [9.17, 15) is 0 Å². The number of halogens is 1. The Morgan fingerprint density at radius 2 is 1.76 bits per heavy atom. The van der Waals surface area contributed by atoms with Crippen LogP contribution in [0, 0.1) is 0 Å². The molecule has 2 atom stereocenters. The first kappa shape index (κ1) is 12.2. The quantitative estimate of drug-likeness (QED) is 0.872. The minimum absolute atomic E-state index is 0.190. The second-order valence-corrected chi connectivity index (χ2v) is 4.61. The molecule has 2 aromatic rings. The van der Waals surface area contributed by atoms with E-state index >= 15 is 0 Å². The molecule has 0 aliphatic rings. The van der Waals surface area contributed by atoms with Crippen molar-refractivity contribution in [2.24, 2.45) is 0 Å². The van der Waals surface area contributed by atoms with Crippen LogP contribution in [0.15, 0.2) is 47.1 Å². The van der Waals surface area contributed by atoms with E-state index in [1.165, 1.54) is 5.56 Å². The second kappa shape index (κ2) is 5.39. The van der Waals surface area contributed by atoms with E-state index < -0.39 is 0 Å². The molecule has 0 spiro atoms. The van der Waals surface area contributed by atoms with Crippen LogP contribution in [-0.4, -0.2) is 0 Å². The van der Waals surface area contributed by atoms with Crippen molar-refractivity contribution >= 4 is 11.6 Å². The molecule has 1 aromatic heterocycles. The highest BCUT2D eigenvalue weighted by atomic mass is 35.5. The molecule has 1 heterocycles. The van der Waals surface area contributed by atoms with Crippen LogP contribution in [0.5, 0.6) is 0 Å². The van der Waals surface area contributed by atoms with Crippen molar-refractivity contribution in [2.45, 2.75) is 25.9 Å². The standard InChI is InChI=1S/C14H16ClNO/c1-10(12-5-7-13(15)8-6-12)16-11(2)14-4-3-9-17-14/h3-11,16H,1-2H3/t10-,11?/m1/s1. The molecule has 90 valence electrons. The minimum Gasteiger partial charge on any atom is -0.468 e. The summed E-state index contributed by atoms with van der Waals surface area (Å²) in [6.45, 7) is 4.22. The van der Waals surface area contributed by atoms with Gasteiger partial charge in [-0.15, -0.1) is 0 Å². The lowest BCUT2D eigenvalue weighted by Crippen LogP contribution is -2.22. The van der Waals surface area contributed by atoms with Crippen LogP contribution in [0.25, 0.3) is 0 Å². The van der Waals surface area contributed by atoms with Gasteiger partial charge in [0.05, 0.1) is 12.3 Å². The number of hydrogen-bond donors (Lipinski definition) is 1. The monoisotopic (exact) mass is 249 g/mol. The van der Waals surface area contributed by atoms with Crippen molar-refractivity contribution in [1.82, 2.24) is 5.32 Å². The van der Waals surface area contributed by atoms with Gasteiger partial charge in [-0.25, -0.2) is 0 Å². The van der Waals surface area contributed by atoms with Gasteiger partial charge in [-0.3, -0.25) is 0 Å². The number of benzene rings is 1. The SMILES string of the molecule is CC(N[C@H](C)c1ccc(Cl)cc1)c1ccco1. The summed E-state index contributed by atoms with van der Waals surface area (Å²) in [5, 5.41) is 4.25. The van der Waals surface area contributed by atoms with Gasteiger partial charge in [0, 0.05) is 11.1 Å². The molecule has 0 aliphatic heterocycles. The maximum atomic E-state index is 5.87. The molecular weight excluding hydrogens is 234 g/mol. The fraction of sp³-hybridized carbons (Fsp3) is 0.286. The van der Waals surface area contributed by atoms with E-state index in [1.807, 2.05) is 36.4 Å². The zero-order valence-corrected chi connectivity index (χ0v) is 10.7. The van der Waals surface area contributed by atoms with Crippen LogP contribution in [0.3, 0.4) is 0 Å². The molecule has 0 amide bonds. The highest BCUT2D eigenvalue weighted by Crippen LogP contribution is 2.20. The van der Waals surface area contributed by atoms with E-state index in [1.54, 1.807) is 6.26 Å². The third-order valence-electron chi connectivity index (χ3n) is 2.84. The molecule has 0 saturated carbocycles. The highest BCUT2D eigenvalue weighted by Gasteiger charge is 2.12. The van der Waals surface area contributed by atoms with Gasteiger partial charge in [0.25, 0.3) is 0 Å². The molecule has 0 bridgehead atoms. The average Bonchev–Trinajstić information content (AvgIpc) is 2.83. The fourth-order valence-corrected chi connectivity index (χ4v) is 1.97. The first-order valence-electron chi connectivity index (χ1n) is 5.71. The Morgan fingerprint density at radius 3 is 2.35 bits per heavy atom. The predicted molar refractivity (Wildman–Crippen MR) is 70.1 cm³/mol. The largest absolute Gasteiger partial charge is 0.468 e. The van der Waals surface area contributed by atoms with Gasteiger partial charge in [-0.1, -0.05) is 23.7 Å². The third-order valence-corrected chi connectivity index (χ3v) is 3.09. The van der Waals surface area contributed by atoms with Crippen molar-refractivity contribution in [1.29, 1.82) is 0 Å². The van der Waals surface area contributed by atoms with Crippen LogP contribution in [0.1, 0.15) is 37.3 Å². The van der Waals surface area contributed by atoms with Crippen molar-refractivity contribution in [3.8, 4) is 0 Å². The minimum atomic E-state index is 0.190. The lowest BCUT2D eigenvalue weighted by atomic mass is 10.1. The van der Waals surface area contributed by atoms with Crippen LogP contribution >= 0.6 is 11.6 Å². The Morgan fingerprint density at radius 1 is 1.06 bits per heavy atom. The smallest absolute Gasteiger partial charge is 0.120 e. The van der Waals surface area contributed by atoms with E-state index in [4.69, 9.17) is 16.0 Å². The average molecular weight is 250 g/mol. The van der Waals surface area contributed by atoms with Crippen LogP contribution in [-0.2, 0) is 0 Å². The maximum absolute atomic E-state index is 5.87. The summed E-state index contributed by atoms with van der Waals surface area (Å²) in [5.74, 6) is 0.950. The summed E-state index contributed by atoms with van der Waals surface area (Å²) in [7, 11) is 0. The van der Waals surface area contributed by atoms with E-state index in [0.717, 1.165) is 10.8 Å². The summed E-state index contributed by atoms with van der Waals surface area (Å²) in [6, 6.07) is 12.2. The third kappa shape index (κ3) is 3.11. The molecule has 1 N–H and O–H groups in total. The van der Waals surface area contributed by atoms with Gasteiger partial charge < -0.3 is 9.73 Å². The molecule has 2 rings (SSSR count). The lowest BCUT2D eigenvalue weighted by Gasteiger charge is -2.18. The van der Waals surface area contributed by atoms with Gasteiger partial charge in [0.15, 0.2) is 0 Å². The second-order valence-electron chi connectivity index (χ2n) is 4.18. The van der Waals surface area contributed by atoms with Gasteiger partial charge >= 0.3 is 0 Å². The molecular formula is C14H16ClNO. The zero-order chi connectivity index (χ0) is 12.3. The summed E-state index contributed by atoms with van der Waals surface area (Å²) >= 11 is 5.87. The number of rotatable bonds is 4. The maximum Gasteiger partial charge on any atom is 0.120 e. The first-order valence-corrected chi connectivity index (χ1v) is 6.09. The molecule has 1 aromatic carbocycles. The van der Waals surface area contributed by atoms with Gasteiger partial charge in [0.2, 0.25) is 0 Å². The topological polar surface area (TPSA) is 25.2 Å². The Kier molecular flexibility index (Phi) is 3.87. The lowest BCUT2D eigenvalue weighted by molar-refractivity contribution is 0.403. The molecule has 2 nitrogen and oxygen atoms in total.